The van der Waals surface area contributed by atoms with Gasteiger partial charge >= 0.3 is 29.6 Å². The van der Waals surface area contributed by atoms with E-state index in [2.05, 4.69) is 0 Å². The summed E-state index contributed by atoms with van der Waals surface area (Å²) >= 11 is 1.31. The summed E-state index contributed by atoms with van der Waals surface area (Å²) in [6, 6.07) is 0. The molecule has 0 N–H and O–H groups in total. The van der Waals surface area contributed by atoms with Crippen LogP contribution in [0.5, 0.6) is 0 Å². The fourth-order valence-corrected chi connectivity index (χ4v) is 4.82. The fourth-order valence-electron chi connectivity index (χ4n) is 3.91. The highest BCUT2D eigenvalue weighted by atomic mass is 127. The minimum Gasteiger partial charge on any atom is -0.230 e. The predicted molar refractivity (Wildman–Crippen MR) is 107 cm³/mol. The maximum Gasteiger partial charge on any atom is 0.384 e. The fraction of sp³-hybridized carbons (Fsp3) is 1.00. The lowest BCUT2D eigenvalue weighted by atomic mass is 9.68. The van der Waals surface area contributed by atoms with Crippen LogP contribution in [-0.2, 0) is 0 Å². The standard InChI is InChI=1S/C20H28F11I/c1-3-5-6-7-8-9-10-11-12-14(32,4-2)13-15(21)16(22,23)18(26,27)20(30,31)19(28,29)17(15,24)25/h3-13H2,1-2H3. The van der Waals surface area contributed by atoms with Crippen molar-refractivity contribution < 1.29 is 48.3 Å². The molecule has 0 aromatic heterocycles. The first kappa shape index (κ1) is 30.0. The van der Waals surface area contributed by atoms with E-state index in [9.17, 15) is 43.9 Å². The van der Waals surface area contributed by atoms with E-state index in [1.807, 2.05) is 6.92 Å². The first-order valence-corrected chi connectivity index (χ1v) is 11.7. The molecular formula is C20H28F11I. The van der Waals surface area contributed by atoms with Gasteiger partial charge < -0.3 is 0 Å². The molecule has 32 heavy (non-hydrogen) atoms. The summed E-state index contributed by atoms with van der Waals surface area (Å²) < 4.78 is 152. The van der Waals surface area contributed by atoms with Crippen molar-refractivity contribution in [1.29, 1.82) is 0 Å². The van der Waals surface area contributed by atoms with E-state index in [4.69, 9.17) is 0 Å². The smallest absolute Gasteiger partial charge is 0.230 e. The predicted octanol–water partition coefficient (Wildman–Crippen LogP) is 9.39. The Kier molecular flexibility index (Phi) is 9.29. The van der Waals surface area contributed by atoms with E-state index in [1.165, 1.54) is 29.5 Å². The Morgan fingerprint density at radius 2 is 0.875 bits per heavy atom. The number of rotatable bonds is 12. The molecule has 0 heterocycles. The van der Waals surface area contributed by atoms with Crippen LogP contribution in [0, 0.1) is 0 Å². The molecule has 0 radical (unpaired) electrons. The molecule has 0 nitrogen and oxygen atoms in total. The lowest BCUT2D eigenvalue weighted by Crippen LogP contribution is -2.84. The van der Waals surface area contributed by atoms with Crippen molar-refractivity contribution in [2.24, 2.45) is 0 Å². The summed E-state index contributed by atoms with van der Waals surface area (Å²) in [7, 11) is 0. The van der Waals surface area contributed by atoms with Crippen LogP contribution in [0.15, 0.2) is 0 Å². The van der Waals surface area contributed by atoms with Crippen molar-refractivity contribution in [3.8, 4) is 0 Å². The molecule has 0 amide bonds. The van der Waals surface area contributed by atoms with E-state index in [1.54, 1.807) is 0 Å². The summed E-state index contributed by atoms with van der Waals surface area (Å²) in [5.74, 6) is -34.7. The highest BCUT2D eigenvalue weighted by molar-refractivity contribution is 14.1. The van der Waals surface area contributed by atoms with Gasteiger partial charge in [-0.2, -0.15) is 43.9 Å². The van der Waals surface area contributed by atoms with Gasteiger partial charge in [-0.3, -0.25) is 0 Å². The number of unbranched alkanes of at least 4 members (excludes halogenated alkanes) is 7. The zero-order valence-electron chi connectivity index (χ0n) is 17.8. The number of hydrogen-bond donors (Lipinski definition) is 0. The third kappa shape index (κ3) is 4.59. The summed E-state index contributed by atoms with van der Waals surface area (Å²) in [5, 5.41) is 0. The molecule has 0 spiro atoms. The van der Waals surface area contributed by atoms with Crippen LogP contribution in [0.4, 0.5) is 48.3 Å². The average molecular weight is 604 g/mol. The molecule has 0 aromatic rings. The normalized spacial score (nSPS) is 26.4. The summed E-state index contributed by atoms with van der Waals surface area (Å²) in [6.45, 7) is 3.30. The molecule has 0 aliphatic heterocycles. The van der Waals surface area contributed by atoms with Gasteiger partial charge in [-0.05, 0) is 12.8 Å². The molecule has 1 rings (SSSR count). The molecular weight excluding hydrogens is 576 g/mol. The maximum absolute atomic E-state index is 15.1. The van der Waals surface area contributed by atoms with Gasteiger partial charge in [0.1, 0.15) is 0 Å². The molecule has 12 heteroatoms. The number of alkyl halides is 12. The molecule has 1 fully saturated rings. The van der Waals surface area contributed by atoms with Crippen LogP contribution < -0.4 is 0 Å². The quantitative estimate of drug-likeness (QED) is 0.0902. The minimum atomic E-state index is -7.15. The van der Waals surface area contributed by atoms with E-state index >= 15 is 4.39 Å². The van der Waals surface area contributed by atoms with E-state index in [0.717, 1.165) is 32.1 Å². The Balaban J connectivity index is 3.09. The van der Waals surface area contributed by atoms with Crippen molar-refractivity contribution in [2.75, 3.05) is 0 Å². The largest absolute Gasteiger partial charge is 0.384 e. The van der Waals surface area contributed by atoms with E-state index < -0.39 is 45.1 Å². The lowest BCUT2D eigenvalue weighted by Gasteiger charge is -2.54. The molecule has 1 aliphatic carbocycles. The van der Waals surface area contributed by atoms with Gasteiger partial charge in [0.25, 0.3) is 5.67 Å². The van der Waals surface area contributed by atoms with Crippen molar-refractivity contribution in [1.82, 2.24) is 0 Å². The molecule has 1 atom stereocenters. The van der Waals surface area contributed by atoms with E-state index in [0.29, 0.717) is 12.8 Å². The van der Waals surface area contributed by atoms with Gasteiger partial charge in [-0.25, -0.2) is 4.39 Å². The highest BCUT2D eigenvalue weighted by Gasteiger charge is 3.01. The van der Waals surface area contributed by atoms with Crippen LogP contribution >= 0.6 is 22.6 Å². The lowest BCUT2D eigenvalue weighted by molar-refractivity contribution is -0.486. The van der Waals surface area contributed by atoms with Gasteiger partial charge in [-0.1, -0.05) is 87.8 Å². The molecule has 1 aliphatic rings. The Morgan fingerprint density at radius 1 is 0.531 bits per heavy atom. The topological polar surface area (TPSA) is 0 Å². The Bertz CT molecular complexity index is 591. The first-order valence-electron chi connectivity index (χ1n) is 10.6. The van der Waals surface area contributed by atoms with Gasteiger partial charge in [-0.15, -0.1) is 0 Å². The summed E-state index contributed by atoms with van der Waals surface area (Å²) in [6.07, 6.45) is 3.71. The Morgan fingerprint density at radius 3 is 1.25 bits per heavy atom. The van der Waals surface area contributed by atoms with Crippen molar-refractivity contribution >= 4 is 22.6 Å². The average Bonchev–Trinajstić information content (AvgIpc) is 2.68. The maximum atomic E-state index is 15.1. The van der Waals surface area contributed by atoms with Crippen LogP contribution in [-0.4, -0.2) is 38.7 Å². The van der Waals surface area contributed by atoms with Crippen molar-refractivity contribution in [3.63, 3.8) is 0 Å². The number of halogens is 12. The molecule has 0 bridgehead atoms. The molecule has 0 aromatic carbocycles. The van der Waals surface area contributed by atoms with Crippen LogP contribution in [0.3, 0.4) is 0 Å². The molecule has 1 unspecified atom stereocenters. The van der Waals surface area contributed by atoms with Gasteiger partial charge in [0, 0.05) is 9.84 Å². The molecule has 1 saturated carbocycles. The zero-order chi connectivity index (χ0) is 25.3. The summed E-state index contributed by atoms with van der Waals surface area (Å²) in [5.41, 5.74) is -5.88. The van der Waals surface area contributed by atoms with Gasteiger partial charge in [0.05, 0.1) is 0 Å². The molecule has 192 valence electrons. The van der Waals surface area contributed by atoms with Crippen LogP contribution in [0.2, 0.25) is 0 Å². The second-order valence-electron chi connectivity index (χ2n) is 8.58. The van der Waals surface area contributed by atoms with Gasteiger partial charge in [0.2, 0.25) is 0 Å². The first-order chi connectivity index (χ1) is 14.3. The minimum absolute atomic E-state index is 0.204. The second-order valence-corrected chi connectivity index (χ2v) is 10.9. The third-order valence-corrected chi connectivity index (χ3v) is 7.93. The van der Waals surface area contributed by atoms with Gasteiger partial charge in [0.15, 0.2) is 0 Å². The monoisotopic (exact) mass is 604 g/mol. The third-order valence-electron chi connectivity index (χ3n) is 6.25. The van der Waals surface area contributed by atoms with E-state index in [-0.39, 0.29) is 19.3 Å². The van der Waals surface area contributed by atoms with Crippen molar-refractivity contribution in [2.45, 2.75) is 123 Å². The Hall–Kier alpha value is -0.0400. The highest BCUT2D eigenvalue weighted by Crippen LogP contribution is 2.71. The molecule has 0 saturated heterocycles. The Labute approximate surface area is 194 Å². The zero-order valence-corrected chi connectivity index (χ0v) is 20.0. The number of hydrogen-bond acceptors (Lipinski definition) is 0. The van der Waals surface area contributed by atoms with Crippen LogP contribution in [0.25, 0.3) is 0 Å². The summed E-state index contributed by atoms with van der Waals surface area (Å²) in [4.78, 5) is 0. The SMILES string of the molecule is CCCCCCCCCCC(I)(CC)CC1(F)C(F)(F)C(F)(F)C(F)(F)C(F)(F)C1(F)F. The van der Waals surface area contributed by atoms with Crippen LogP contribution in [0.1, 0.15) is 84.5 Å². The second kappa shape index (κ2) is 9.91. The van der Waals surface area contributed by atoms with Crippen molar-refractivity contribution in [3.05, 3.63) is 0 Å².